The van der Waals surface area contributed by atoms with Gasteiger partial charge < -0.3 is 10.6 Å². The van der Waals surface area contributed by atoms with E-state index < -0.39 is 0 Å². The second-order valence-electron chi connectivity index (χ2n) is 4.72. The Hall–Kier alpha value is -1.80. The molecule has 1 atom stereocenters. The monoisotopic (exact) mass is 240 g/mol. The average molecular weight is 240 g/mol. The normalized spacial score (nSPS) is 12.2. The minimum absolute atomic E-state index is 0.0958. The van der Waals surface area contributed by atoms with Crippen LogP contribution in [-0.2, 0) is 6.54 Å². The fraction of sp³-hybridized carbons (Fsp3) is 0.250. The summed E-state index contributed by atoms with van der Waals surface area (Å²) in [6, 6.07) is 19.0. The van der Waals surface area contributed by atoms with Gasteiger partial charge in [0.15, 0.2) is 0 Å². The summed E-state index contributed by atoms with van der Waals surface area (Å²) in [5, 5.41) is 0. The van der Waals surface area contributed by atoms with Crippen LogP contribution in [0.1, 0.15) is 24.1 Å². The van der Waals surface area contributed by atoms with Gasteiger partial charge in [-0.3, -0.25) is 0 Å². The minimum atomic E-state index is 0.0958. The van der Waals surface area contributed by atoms with Crippen LogP contribution in [0.4, 0.5) is 5.69 Å². The first kappa shape index (κ1) is 12.7. The van der Waals surface area contributed by atoms with Crippen LogP contribution in [0.25, 0.3) is 0 Å². The maximum atomic E-state index is 5.85. The second kappa shape index (κ2) is 5.69. The van der Waals surface area contributed by atoms with E-state index in [0.29, 0.717) is 0 Å². The zero-order chi connectivity index (χ0) is 13.0. The van der Waals surface area contributed by atoms with Crippen molar-refractivity contribution in [2.75, 3.05) is 11.9 Å². The molecule has 0 saturated heterocycles. The molecule has 0 spiro atoms. The molecule has 0 bridgehead atoms. The quantitative estimate of drug-likeness (QED) is 0.888. The van der Waals surface area contributed by atoms with Crippen LogP contribution >= 0.6 is 0 Å². The van der Waals surface area contributed by atoms with Gasteiger partial charge in [0.25, 0.3) is 0 Å². The van der Waals surface area contributed by atoms with E-state index in [1.165, 1.54) is 16.8 Å². The Morgan fingerprint density at radius 1 is 1.00 bits per heavy atom. The first-order chi connectivity index (χ1) is 8.66. The highest BCUT2D eigenvalue weighted by atomic mass is 15.1. The predicted molar refractivity (Wildman–Crippen MR) is 77.6 cm³/mol. The molecule has 18 heavy (non-hydrogen) atoms. The van der Waals surface area contributed by atoms with Gasteiger partial charge in [-0.25, -0.2) is 0 Å². The first-order valence-corrected chi connectivity index (χ1v) is 6.27. The molecule has 2 N–H and O–H groups in total. The van der Waals surface area contributed by atoms with Crippen molar-refractivity contribution in [3.8, 4) is 0 Å². The summed E-state index contributed by atoms with van der Waals surface area (Å²) in [6.45, 7) is 2.92. The second-order valence-corrected chi connectivity index (χ2v) is 4.72. The highest BCUT2D eigenvalue weighted by Gasteiger charge is 2.03. The molecule has 0 aliphatic rings. The summed E-state index contributed by atoms with van der Waals surface area (Å²) in [4.78, 5) is 2.24. The molecule has 94 valence electrons. The van der Waals surface area contributed by atoms with Crippen molar-refractivity contribution in [2.24, 2.45) is 5.73 Å². The molecule has 0 radical (unpaired) electrons. The van der Waals surface area contributed by atoms with Crippen molar-refractivity contribution in [3.63, 3.8) is 0 Å². The van der Waals surface area contributed by atoms with Gasteiger partial charge >= 0.3 is 0 Å². The number of benzene rings is 2. The van der Waals surface area contributed by atoms with E-state index in [1.807, 2.05) is 13.0 Å². The minimum Gasteiger partial charge on any atom is -0.370 e. The maximum absolute atomic E-state index is 5.85. The Morgan fingerprint density at radius 3 is 2.17 bits per heavy atom. The smallest absolute Gasteiger partial charge is 0.0426 e. The van der Waals surface area contributed by atoms with Gasteiger partial charge in [0.2, 0.25) is 0 Å². The van der Waals surface area contributed by atoms with E-state index in [0.717, 1.165) is 6.54 Å². The summed E-state index contributed by atoms with van der Waals surface area (Å²) < 4.78 is 0. The van der Waals surface area contributed by atoms with Crippen LogP contribution in [0, 0.1) is 0 Å². The van der Waals surface area contributed by atoms with E-state index in [2.05, 4.69) is 60.5 Å². The number of hydrogen-bond acceptors (Lipinski definition) is 2. The summed E-state index contributed by atoms with van der Waals surface area (Å²) in [6.07, 6.45) is 0. The highest BCUT2D eigenvalue weighted by Crippen LogP contribution is 2.18. The molecule has 0 aromatic heterocycles. The molecule has 2 nitrogen and oxygen atoms in total. The molecule has 0 fully saturated rings. The summed E-state index contributed by atoms with van der Waals surface area (Å²) in [5.41, 5.74) is 9.55. The van der Waals surface area contributed by atoms with Crippen molar-refractivity contribution in [3.05, 3.63) is 65.7 Å². The Bertz CT molecular complexity index is 474. The SMILES string of the molecule is C[C@H](N)c1ccc(N(C)Cc2ccccc2)cc1. The number of anilines is 1. The van der Waals surface area contributed by atoms with Gasteiger partial charge in [-0.1, -0.05) is 42.5 Å². The van der Waals surface area contributed by atoms with E-state index in [1.54, 1.807) is 0 Å². The third-order valence-electron chi connectivity index (χ3n) is 3.12. The van der Waals surface area contributed by atoms with Crippen LogP contribution in [0.15, 0.2) is 54.6 Å². The predicted octanol–water partition coefficient (Wildman–Crippen LogP) is 3.34. The lowest BCUT2D eigenvalue weighted by molar-refractivity contribution is 0.817. The molecule has 2 aromatic carbocycles. The molecule has 2 aromatic rings. The number of nitrogens with two attached hydrogens (primary N) is 1. The molecule has 2 rings (SSSR count). The summed E-state index contributed by atoms with van der Waals surface area (Å²) in [5.74, 6) is 0. The van der Waals surface area contributed by atoms with Gasteiger partial charge in [-0.05, 0) is 30.2 Å². The Kier molecular flexibility index (Phi) is 4.00. The zero-order valence-corrected chi connectivity index (χ0v) is 11.0. The maximum Gasteiger partial charge on any atom is 0.0426 e. The third-order valence-corrected chi connectivity index (χ3v) is 3.12. The van der Waals surface area contributed by atoms with E-state index in [4.69, 9.17) is 5.73 Å². The molecular formula is C16H20N2. The highest BCUT2D eigenvalue weighted by molar-refractivity contribution is 5.47. The van der Waals surface area contributed by atoms with Crippen LogP contribution in [0.3, 0.4) is 0 Å². The van der Waals surface area contributed by atoms with Gasteiger partial charge in [0.1, 0.15) is 0 Å². The summed E-state index contributed by atoms with van der Waals surface area (Å²) in [7, 11) is 2.11. The molecule has 0 amide bonds. The van der Waals surface area contributed by atoms with Crippen LogP contribution < -0.4 is 10.6 Å². The van der Waals surface area contributed by atoms with Crippen molar-refractivity contribution < 1.29 is 0 Å². The Morgan fingerprint density at radius 2 is 1.61 bits per heavy atom. The standard InChI is InChI=1S/C16H20N2/c1-13(17)15-8-10-16(11-9-15)18(2)12-14-6-4-3-5-7-14/h3-11,13H,12,17H2,1-2H3/t13-/m0/s1. The van der Waals surface area contributed by atoms with Gasteiger partial charge in [-0.15, -0.1) is 0 Å². The van der Waals surface area contributed by atoms with Crippen molar-refractivity contribution in [1.29, 1.82) is 0 Å². The van der Waals surface area contributed by atoms with Crippen LogP contribution in [0.5, 0.6) is 0 Å². The zero-order valence-electron chi connectivity index (χ0n) is 11.0. The van der Waals surface area contributed by atoms with Crippen molar-refractivity contribution in [1.82, 2.24) is 0 Å². The molecule has 2 heteroatoms. The van der Waals surface area contributed by atoms with Gasteiger partial charge in [-0.2, -0.15) is 0 Å². The lowest BCUT2D eigenvalue weighted by Crippen LogP contribution is -2.16. The van der Waals surface area contributed by atoms with E-state index >= 15 is 0 Å². The van der Waals surface area contributed by atoms with Gasteiger partial charge in [0, 0.05) is 25.3 Å². The Labute approximate surface area is 109 Å². The molecule has 0 aliphatic carbocycles. The van der Waals surface area contributed by atoms with Crippen molar-refractivity contribution >= 4 is 5.69 Å². The lowest BCUT2D eigenvalue weighted by Gasteiger charge is -2.20. The summed E-state index contributed by atoms with van der Waals surface area (Å²) >= 11 is 0. The largest absolute Gasteiger partial charge is 0.370 e. The van der Waals surface area contributed by atoms with Crippen LogP contribution in [-0.4, -0.2) is 7.05 Å². The number of rotatable bonds is 4. The average Bonchev–Trinajstić information content (AvgIpc) is 2.40. The molecule has 0 saturated carbocycles. The van der Waals surface area contributed by atoms with Crippen LogP contribution in [0.2, 0.25) is 0 Å². The molecule has 0 unspecified atom stereocenters. The van der Waals surface area contributed by atoms with E-state index in [9.17, 15) is 0 Å². The fourth-order valence-corrected chi connectivity index (χ4v) is 1.98. The van der Waals surface area contributed by atoms with E-state index in [-0.39, 0.29) is 6.04 Å². The fourth-order valence-electron chi connectivity index (χ4n) is 1.98. The number of hydrogen-bond donors (Lipinski definition) is 1. The van der Waals surface area contributed by atoms with Crippen molar-refractivity contribution in [2.45, 2.75) is 19.5 Å². The topological polar surface area (TPSA) is 29.3 Å². The number of nitrogens with zero attached hydrogens (tertiary/aromatic N) is 1. The molecule has 0 heterocycles. The van der Waals surface area contributed by atoms with Gasteiger partial charge in [0.05, 0.1) is 0 Å². The molecular weight excluding hydrogens is 220 g/mol. The lowest BCUT2D eigenvalue weighted by atomic mass is 10.1. The first-order valence-electron chi connectivity index (χ1n) is 6.27. The Balaban J connectivity index is 2.07. The third kappa shape index (κ3) is 3.11. The molecule has 0 aliphatic heterocycles.